The maximum absolute atomic E-state index is 12.1. The molecule has 1 saturated heterocycles. The van der Waals surface area contributed by atoms with Gasteiger partial charge in [-0.25, -0.2) is 4.79 Å². The van der Waals surface area contributed by atoms with Crippen molar-refractivity contribution < 1.29 is 24.0 Å². The molecule has 2 N–H and O–H groups in total. The molecule has 7 nitrogen and oxygen atoms in total. The van der Waals surface area contributed by atoms with Gasteiger partial charge in [0.15, 0.2) is 0 Å². The normalized spacial score (nSPS) is 15.0. The first-order valence-electron chi connectivity index (χ1n) is 8.32. The first kappa shape index (κ1) is 18.1. The lowest BCUT2D eigenvalue weighted by atomic mass is 10.2. The maximum atomic E-state index is 12.1. The Morgan fingerprint density at radius 3 is 2.62 bits per heavy atom. The van der Waals surface area contributed by atoms with E-state index in [9.17, 15) is 9.59 Å². The van der Waals surface area contributed by atoms with E-state index in [2.05, 4.69) is 5.32 Å². The van der Waals surface area contributed by atoms with Crippen LogP contribution in [0.2, 0.25) is 0 Å². The van der Waals surface area contributed by atoms with Crippen LogP contribution in [0.25, 0.3) is 0 Å². The summed E-state index contributed by atoms with van der Waals surface area (Å²) >= 11 is 0. The quantitative estimate of drug-likeness (QED) is 0.788. The van der Waals surface area contributed by atoms with Gasteiger partial charge in [0.25, 0.3) is 0 Å². The Morgan fingerprint density at radius 1 is 1.25 bits per heavy atom. The number of hydrogen-bond acceptors (Lipinski definition) is 4. The van der Waals surface area contributed by atoms with Crippen molar-refractivity contribution in [3.8, 4) is 5.75 Å². The van der Waals surface area contributed by atoms with E-state index in [0.29, 0.717) is 37.6 Å². The Labute approximate surface area is 142 Å². The molecule has 1 aromatic carbocycles. The van der Waals surface area contributed by atoms with E-state index in [1.54, 1.807) is 18.9 Å². The molecular formula is C17H26N3O4+. The summed E-state index contributed by atoms with van der Waals surface area (Å²) in [6.07, 6.45) is 0.192. The number of ether oxygens (including phenoxy) is 2. The predicted octanol–water partition coefficient (Wildman–Crippen LogP) is 0.381. The molecule has 0 radical (unpaired) electrons. The number of carbonyl (C=O) groups excluding carboxylic acids is 2. The highest BCUT2D eigenvalue weighted by atomic mass is 16.6. The van der Waals surface area contributed by atoms with Gasteiger partial charge >= 0.3 is 6.09 Å². The van der Waals surface area contributed by atoms with Gasteiger partial charge in [0.2, 0.25) is 5.91 Å². The Kier molecular flexibility index (Phi) is 6.87. The van der Waals surface area contributed by atoms with Gasteiger partial charge < -0.3 is 19.7 Å². The van der Waals surface area contributed by atoms with Crippen molar-refractivity contribution >= 4 is 17.7 Å². The van der Waals surface area contributed by atoms with Crippen LogP contribution < -0.4 is 15.0 Å². The summed E-state index contributed by atoms with van der Waals surface area (Å²) in [6, 6.07) is 7.36. The molecule has 1 aliphatic rings. The van der Waals surface area contributed by atoms with E-state index in [-0.39, 0.29) is 12.0 Å². The van der Waals surface area contributed by atoms with E-state index in [0.717, 1.165) is 19.6 Å². The van der Waals surface area contributed by atoms with Crippen LogP contribution in [0.1, 0.15) is 13.3 Å². The third-order valence-corrected chi connectivity index (χ3v) is 4.08. The first-order chi connectivity index (χ1) is 11.6. The summed E-state index contributed by atoms with van der Waals surface area (Å²) in [5.74, 6) is 0.626. The molecule has 0 unspecified atom stereocenters. The summed E-state index contributed by atoms with van der Waals surface area (Å²) in [4.78, 5) is 26.8. The van der Waals surface area contributed by atoms with Gasteiger partial charge in [-0.15, -0.1) is 0 Å². The van der Waals surface area contributed by atoms with Gasteiger partial charge in [-0.1, -0.05) is 12.1 Å². The number of carbonyl (C=O) groups is 2. The van der Waals surface area contributed by atoms with Crippen molar-refractivity contribution in [2.24, 2.45) is 0 Å². The molecule has 0 aliphatic carbocycles. The predicted molar refractivity (Wildman–Crippen MR) is 90.4 cm³/mol. The number of amides is 2. The highest BCUT2D eigenvalue weighted by Crippen LogP contribution is 2.22. The van der Waals surface area contributed by atoms with Crippen molar-refractivity contribution in [2.75, 3.05) is 51.8 Å². The van der Waals surface area contributed by atoms with Crippen LogP contribution >= 0.6 is 0 Å². The summed E-state index contributed by atoms with van der Waals surface area (Å²) in [5, 5.41) is 2.88. The molecule has 7 heteroatoms. The molecule has 0 bridgehead atoms. The molecule has 2 rings (SSSR count). The zero-order chi connectivity index (χ0) is 17.4. The van der Waals surface area contributed by atoms with Gasteiger partial charge in [-0.3, -0.25) is 9.69 Å². The van der Waals surface area contributed by atoms with Gasteiger partial charge in [0.1, 0.15) is 5.75 Å². The minimum atomic E-state index is -0.245. The Hall–Kier alpha value is -2.28. The second-order valence-electron chi connectivity index (χ2n) is 5.68. The molecule has 2 amide bonds. The number of quaternary nitrogens is 1. The highest BCUT2D eigenvalue weighted by molar-refractivity contribution is 5.92. The van der Waals surface area contributed by atoms with Gasteiger partial charge in [0.05, 0.1) is 58.5 Å². The minimum absolute atomic E-state index is 0.0279. The molecule has 1 aliphatic heterocycles. The van der Waals surface area contributed by atoms with E-state index < -0.39 is 0 Å². The first-order valence-corrected chi connectivity index (χ1v) is 8.32. The molecule has 0 aromatic heterocycles. The Balaban J connectivity index is 1.72. The number of benzene rings is 1. The standard InChI is InChI=1S/C17H25N3O4/c1-3-24-17(22)20-12-10-19(11-13-20)9-8-16(21)18-14-6-4-5-7-15(14)23-2/h4-7H,3,8-13H2,1-2H3,(H,18,21)/p+1. The van der Waals surface area contributed by atoms with Crippen LogP contribution in [-0.2, 0) is 9.53 Å². The molecule has 132 valence electrons. The summed E-state index contributed by atoms with van der Waals surface area (Å²) < 4.78 is 10.2. The number of hydrogen-bond donors (Lipinski definition) is 2. The average Bonchev–Trinajstić information content (AvgIpc) is 2.61. The van der Waals surface area contributed by atoms with Crippen molar-refractivity contribution in [3.63, 3.8) is 0 Å². The topological polar surface area (TPSA) is 72.3 Å². The lowest BCUT2D eigenvalue weighted by Gasteiger charge is -2.31. The summed E-state index contributed by atoms with van der Waals surface area (Å²) in [6.45, 7) is 5.96. The lowest BCUT2D eigenvalue weighted by molar-refractivity contribution is -0.903. The van der Waals surface area contributed by atoms with Gasteiger partial charge in [0, 0.05) is 0 Å². The van der Waals surface area contributed by atoms with E-state index in [1.807, 2.05) is 24.3 Å². The van der Waals surface area contributed by atoms with Crippen LogP contribution in [0, 0.1) is 0 Å². The zero-order valence-electron chi connectivity index (χ0n) is 14.3. The highest BCUT2D eigenvalue weighted by Gasteiger charge is 2.24. The number of para-hydroxylation sites is 2. The molecule has 0 atom stereocenters. The smallest absolute Gasteiger partial charge is 0.410 e. The van der Waals surface area contributed by atoms with Crippen molar-refractivity contribution in [3.05, 3.63) is 24.3 Å². The molecule has 24 heavy (non-hydrogen) atoms. The van der Waals surface area contributed by atoms with Crippen LogP contribution in [0.3, 0.4) is 0 Å². The summed E-state index contributed by atoms with van der Waals surface area (Å²) in [7, 11) is 1.58. The van der Waals surface area contributed by atoms with Gasteiger partial charge in [-0.05, 0) is 19.1 Å². The number of methoxy groups -OCH3 is 1. The van der Waals surface area contributed by atoms with Crippen molar-refractivity contribution in [2.45, 2.75) is 13.3 Å². The number of anilines is 1. The SMILES string of the molecule is CCOC(=O)N1CC[NH+](CCC(=O)Nc2ccccc2OC)CC1. The zero-order valence-corrected chi connectivity index (χ0v) is 14.3. The Morgan fingerprint density at radius 2 is 1.96 bits per heavy atom. The monoisotopic (exact) mass is 336 g/mol. The summed E-state index contributed by atoms with van der Waals surface area (Å²) in [5.41, 5.74) is 0.687. The molecule has 0 saturated carbocycles. The third-order valence-electron chi connectivity index (χ3n) is 4.08. The molecule has 1 heterocycles. The lowest BCUT2D eigenvalue weighted by Crippen LogP contribution is -3.15. The second kappa shape index (κ2) is 9.12. The largest absolute Gasteiger partial charge is 0.495 e. The molecule has 1 fully saturated rings. The van der Waals surface area contributed by atoms with E-state index >= 15 is 0 Å². The van der Waals surface area contributed by atoms with Crippen molar-refractivity contribution in [1.82, 2.24) is 4.90 Å². The number of nitrogens with zero attached hydrogens (tertiary/aromatic N) is 1. The third kappa shape index (κ3) is 5.13. The van der Waals surface area contributed by atoms with Crippen LogP contribution in [-0.4, -0.2) is 63.3 Å². The molecule has 1 aromatic rings. The number of nitrogens with one attached hydrogen (secondary N) is 2. The number of rotatable bonds is 6. The minimum Gasteiger partial charge on any atom is -0.495 e. The van der Waals surface area contributed by atoms with Crippen molar-refractivity contribution in [1.29, 1.82) is 0 Å². The van der Waals surface area contributed by atoms with E-state index in [1.165, 1.54) is 4.90 Å². The van der Waals surface area contributed by atoms with Crippen LogP contribution in [0.5, 0.6) is 5.75 Å². The maximum Gasteiger partial charge on any atom is 0.410 e. The fourth-order valence-electron chi connectivity index (χ4n) is 2.72. The number of piperazine rings is 1. The second-order valence-corrected chi connectivity index (χ2v) is 5.68. The van der Waals surface area contributed by atoms with Crippen LogP contribution in [0.15, 0.2) is 24.3 Å². The fourth-order valence-corrected chi connectivity index (χ4v) is 2.72. The molecular weight excluding hydrogens is 310 g/mol. The van der Waals surface area contributed by atoms with Crippen LogP contribution in [0.4, 0.5) is 10.5 Å². The average molecular weight is 336 g/mol. The molecule has 0 spiro atoms. The van der Waals surface area contributed by atoms with Gasteiger partial charge in [-0.2, -0.15) is 0 Å². The Bertz CT molecular complexity index is 557. The fraction of sp³-hybridized carbons (Fsp3) is 0.529. The van der Waals surface area contributed by atoms with E-state index in [4.69, 9.17) is 9.47 Å².